The first-order valence-electron chi connectivity index (χ1n) is 11.9. The van der Waals surface area contributed by atoms with Crippen LogP contribution in [0.15, 0.2) is 57.7 Å². The Morgan fingerprint density at radius 2 is 1.57 bits per heavy atom. The van der Waals surface area contributed by atoms with E-state index in [9.17, 15) is 14.4 Å². The lowest BCUT2D eigenvalue weighted by molar-refractivity contribution is 0.0522. The summed E-state index contributed by atoms with van der Waals surface area (Å²) in [6.45, 7) is 6.95. The molecule has 0 N–H and O–H groups in total. The number of carbonyl (C=O) groups is 2. The summed E-state index contributed by atoms with van der Waals surface area (Å²) in [7, 11) is 1.47. The van der Waals surface area contributed by atoms with Gasteiger partial charge in [0.2, 0.25) is 0 Å². The van der Waals surface area contributed by atoms with E-state index >= 15 is 0 Å². The van der Waals surface area contributed by atoms with Gasteiger partial charge in [-0.1, -0.05) is 30.3 Å². The Morgan fingerprint density at radius 3 is 2.19 bits per heavy atom. The average Bonchev–Trinajstić information content (AvgIpc) is 2.88. The molecule has 0 amide bonds. The number of benzene rings is 2. The Morgan fingerprint density at radius 1 is 0.919 bits per heavy atom. The summed E-state index contributed by atoms with van der Waals surface area (Å²) < 4.78 is 22.5. The summed E-state index contributed by atoms with van der Waals surface area (Å²) in [5.41, 5.74) is 2.06. The number of carbonyl (C=O) groups excluding carboxylic acids is 2. The second-order valence-electron chi connectivity index (χ2n) is 8.22. The van der Waals surface area contributed by atoms with Crippen LogP contribution in [0.1, 0.15) is 45.8 Å². The molecule has 2 aromatic carbocycles. The Bertz CT molecular complexity index is 1550. The number of hydrogen-bond donors (Lipinski definition) is 0. The second kappa shape index (κ2) is 10.7. The number of fused-ring (bicyclic) bond motifs is 1. The van der Waals surface area contributed by atoms with Crippen molar-refractivity contribution < 1.29 is 28.2 Å². The number of pyridine rings is 1. The van der Waals surface area contributed by atoms with E-state index in [0.29, 0.717) is 33.9 Å². The van der Waals surface area contributed by atoms with Crippen LogP contribution in [0, 0.1) is 13.8 Å². The van der Waals surface area contributed by atoms with Crippen molar-refractivity contribution >= 4 is 22.9 Å². The Balaban J connectivity index is 2.13. The fourth-order valence-electron chi connectivity index (χ4n) is 4.33. The molecule has 0 atom stereocenters. The van der Waals surface area contributed by atoms with Gasteiger partial charge in [0.15, 0.2) is 11.0 Å². The molecular formula is C29H27NO7. The van der Waals surface area contributed by atoms with Crippen LogP contribution in [0.5, 0.6) is 5.75 Å². The molecule has 0 bridgehead atoms. The summed E-state index contributed by atoms with van der Waals surface area (Å²) in [4.78, 5) is 43.8. The van der Waals surface area contributed by atoms with Gasteiger partial charge in [-0.05, 0) is 45.4 Å². The Kier molecular flexibility index (Phi) is 7.38. The SMILES string of the molecule is CCOC(=O)c1c(C)nc(-c2c(OC)ccc3c(=O)cc(-c4ccccc4)oc23)c(C(=O)OCC)c1C. The molecule has 37 heavy (non-hydrogen) atoms. The summed E-state index contributed by atoms with van der Waals surface area (Å²) in [5, 5.41) is 0.289. The van der Waals surface area contributed by atoms with E-state index < -0.39 is 11.9 Å². The van der Waals surface area contributed by atoms with Crippen LogP contribution in [-0.4, -0.2) is 37.2 Å². The first-order chi connectivity index (χ1) is 17.8. The molecule has 0 radical (unpaired) electrons. The Labute approximate surface area is 213 Å². The third-order valence-electron chi connectivity index (χ3n) is 5.96. The van der Waals surface area contributed by atoms with Gasteiger partial charge < -0.3 is 18.6 Å². The molecule has 8 heteroatoms. The molecule has 0 aliphatic heterocycles. The summed E-state index contributed by atoms with van der Waals surface area (Å²) in [6, 6.07) is 13.9. The minimum absolute atomic E-state index is 0.0640. The van der Waals surface area contributed by atoms with Gasteiger partial charge in [0.05, 0.1) is 53.8 Å². The third kappa shape index (κ3) is 4.70. The highest BCUT2D eigenvalue weighted by molar-refractivity contribution is 6.06. The fourth-order valence-corrected chi connectivity index (χ4v) is 4.33. The monoisotopic (exact) mass is 501 g/mol. The minimum Gasteiger partial charge on any atom is -0.496 e. The molecule has 4 aromatic rings. The zero-order chi connectivity index (χ0) is 26.7. The molecule has 0 saturated heterocycles. The van der Waals surface area contributed by atoms with Crippen molar-refractivity contribution in [2.75, 3.05) is 20.3 Å². The molecule has 0 spiro atoms. The summed E-state index contributed by atoms with van der Waals surface area (Å²) >= 11 is 0. The predicted octanol–water partition coefficient (Wildman–Crippen LogP) is 5.50. The molecule has 190 valence electrons. The largest absolute Gasteiger partial charge is 0.496 e. The van der Waals surface area contributed by atoms with Gasteiger partial charge in [-0.3, -0.25) is 9.78 Å². The van der Waals surface area contributed by atoms with Gasteiger partial charge in [-0.15, -0.1) is 0 Å². The van der Waals surface area contributed by atoms with Crippen molar-refractivity contribution in [1.82, 2.24) is 4.98 Å². The maximum Gasteiger partial charge on any atom is 0.340 e. The lowest BCUT2D eigenvalue weighted by Crippen LogP contribution is -2.18. The molecule has 0 fully saturated rings. The zero-order valence-electron chi connectivity index (χ0n) is 21.3. The Hall–Kier alpha value is -4.46. The number of rotatable bonds is 7. The van der Waals surface area contributed by atoms with Crippen molar-refractivity contribution in [3.8, 4) is 28.3 Å². The van der Waals surface area contributed by atoms with Gasteiger partial charge in [0, 0.05) is 11.6 Å². The van der Waals surface area contributed by atoms with Crippen molar-refractivity contribution in [3.05, 3.63) is 81.1 Å². The van der Waals surface area contributed by atoms with Crippen LogP contribution >= 0.6 is 0 Å². The van der Waals surface area contributed by atoms with Crippen LogP contribution in [0.2, 0.25) is 0 Å². The highest BCUT2D eigenvalue weighted by atomic mass is 16.5. The summed E-state index contributed by atoms with van der Waals surface area (Å²) in [5.74, 6) is -0.581. The number of ether oxygens (including phenoxy) is 3. The van der Waals surface area contributed by atoms with E-state index in [1.54, 1.807) is 39.8 Å². The van der Waals surface area contributed by atoms with Crippen molar-refractivity contribution in [1.29, 1.82) is 0 Å². The van der Waals surface area contributed by atoms with Crippen molar-refractivity contribution in [2.24, 2.45) is 0 Å². The molecule has 4 rings (SSSR count). The third-order valence-corrected chi connectivity index (χ3v) is 5.96. The maximum atomic E-state index is 13.2. The normalized spacial score (nSPS) is 10.8. The zero-order valence-corrected chi connectivity index (χ0v) is 21.3. The summed E-state index contributed by atoms with van der Waals surface area (Å²) in [6.07, 6.45) is 0. The van der Waals surface area contributed by atoms with E-state index in [1.165, 1.54) is 13.2 Å². The maximum absolute atomic E-state index is 13.2. The number of nitrogens with zero attached hydrogens (tertiary/aromatic N) is 1. The number of esters is 2. The molecule has 0 aliphatic rings. The smallest absolute Gasteiger partial charge is 0.340 e. The van der Waals surface area contributed by atoms with Crippen molar-refractivity contribution in [2.45, 2.75) is 27.7 Å². The topological polar surface area (TPSA) is 105 Å². The molecular weight excluding hydrogens is 474 g/mol. The minimum atomic E-state index is -0.673. The van der Waals surface area contributed by atoms with E-state index in [-0.39, 0.29) is 46.4 Å². The highest BCUT2D eigenvalue weighted by Gasteiger charge is 2.30. The quantitative estimate of drug-likeness (QED) is 0.306. The molecule has 2 aromatic heterocycles. The fraction of sp³-hybridized carbons (Fsp3) is 0.241. The lowest BCUT2D eigenvalue weighted by Gasteiger charge is -2.19. The highest BCUT2D eigenvalue weighted by Crippen LogP contribution is 2.40. The lowest BCUT2D eigenvalue weighted by atomic mass is 9.94. The first kappa shape index (κ1) is 25.6. The average molecular weight is 502 g/mol. The van der Waals surface area contributed by atoms with Gasteiger partial charge in [-0.25, -0.2) is 9.59 Å². The second-order valence-corrected chi connectivity index (χ2v) is 8.22. The number of methoxy groups -OCH3 is 1. The van der Waals surface area contributed by atoms with Crippen LogP contribution in [-0.2, 0) is 9.47 Å². The molecule has 8 nitrogen and oxygen atoms in total. The van der Waals surface area contributed by atoms with Gasteiger partial charge >= 0.3 is 11.9 Å². The predicted molar refractivity (Wildman–Crippen MR) is 139 cm³/mol. The number of aryl methyl sites for hydroxylation is 1. The number of aromatic nitrogens is 1. The molecule has 2 heterocycles. The first-order valence-corrected chi connectivity index (χ1v) is 11.9. The molecule has 0 aliphatic carbocycles. The van der Waals surface area contributed by atoms with E-state index in [1.807, 2.05) is 30.3 Å². The van der Waals surface area contributed by atoms with E-state index in [4.69, 9.17) is 18.6 Å². The van der Waals surface area contributed by atoms with Gasteiger partial charge in [-0.2, -0.15) is 0 Å². The van der Waals surface area contributed by atoms with Crippen molar-refractivity contribution in [3.63, 3.8) is 0 Å². The standard InChI is InChI=1S/C29H27NO7/c1-6-35-28(32)23-16(3)24(29(33)36-7-2)26(30-17(23)4)25-21(34-5)14-13-19-20(31)15-22(37-27(19)25)18-11-9-8-10-12-18/h8-15H,6-7H2,1-5H3. The van der Waals surface area contributed by atoms with Gasteiger partial charge in [0.25, 0.3) is 0 Å². The van der Waals surface area contributed by atoms with E-state index in [0.717, 1.165) is 0 Å². The number of hydrogen-bond acceptors (Lipinski definition) is 8. The van der Waals surface area contributed by atoms with Crippen LogP contribution in [0.3, 0.4) is 0 Å². The van der Waals surface area contributed by atoms with Crippen LogP contribution in [0.4, 0.5) is 0 Å². The van der Waals surface area contributed by atoms with Crippen LogP contribution in [0.25, 0.3) is 33.6 Å². The van der Waals surface area contributed by atoms with Crippen LogP contribution < -0.4 is 10.2 Å². The van der Waals surface area contributed by atoms with E-state index in [2.05, 4.69) is 4.98 Å². The molecule has 0 unspecified atom stereocenters. The van der Waals surface area contributed by atoms with Gasteiger partial charge in [0.1, 0.15) is 11.5 Å². The molecule has 0 saturated carbocycles.